The molecule has 0 radical (unpaired) electrons. The lowest BCUT2D eigenvalue weighted by Gasteiger charge is -2.36. The molecule has 1 aliphatic heterocycles. The Morgan fingerprint density at radius 2 is 1.88 bits per heavy atom. The SMILES string of the molecule is CC1=C(C(=O)Nc2ccccn2)[C@H](c2ccccc2)C2=C(C[C@H](c3ccco3)CC2=O)N1. The molecule has 1 aromatic carbocycles. The average molecular weight is 425 g/mol. The fourth-order valence-electron chi connectivity index (χ4n) is 4.66. The highest BCUT2D eigenvalue weighted by Gasteiger charge is 2.41. The maximum atomic E-state index is 13.4. The van der Waals surface area contributed by atoms with E-state index in [1.807, 2.05) is 55.5 Å². The number of anilines is 1. The lowest BCUT2D eigenvalue weighted by Crippen LogP contribution is -2.37. The fraction of sp³-hybridized carbons (Fsp3) is 0.192. The third kappa shape index (κ3) is 3.64. The predicted octanol–water partition coefficient (Wildman–Crippen LogP) is 4.67. The van der Waals surface area contributed by atoms with Gasteiger partial charge in [-0.3, -0.25) is 9.59 Å². The molecule has 0 spiro atoms. The van der Waals surface area contributed by atoms with Crippen molar-refractivity contribution in [2.24, 2.45) is 0 Å². The Labute approximate surface area is 186 Å². The fourth-order valence-corrected chi connectivity index (χ4v) is 4.66. The van der Waals surface area contributed by atoms with E-state index < -0.39 is 5.92 Å². The van der Waals surface area contributed by atoms with Crippen LogP contribution in [0.3, 0.4) is 0 Å². The van der Waals surface area contributed by atoms with Crippen molar-refractivity contribution in [1.29, 1.82) is 0 Å². The second kappa shape index (κ2) is 8.30. The van der Waals surface area contributed by atoms with Crippen LogP contribution in [-0.4, -0.2) is 16.7 Å². The number of Topliss-reactive ketones (excluding diaryl/α,β-unsaturated/α-hetero) is 1. The maximum absolute atomic E-state index is 13.4. The predicted molar refractivity (Wildman–Crippen MR) is 121 cm³/mol. The van der Waals surface area contributed by atoms with Gasteiger partial charge in [-0.05, 0) is 43.2 Å². The van der Waals surface area contributed by atoms with Crippen molar-refractivity contribution in [2.45, 2.75) is 31.6 Å². The first-order valence-electron chi connectivity index (χ1n) is 10.7. The number of amides is 1. The number of hydrogen-bond acceptors (Lipinski definition) is 5. The Morgan fingerprint density at radius 1 is 1.06 bits per heavy atom. The Hall–Kier alpha value is -3.93. The molecule has 3 heterocycles. The monoisotopic (exact) mass is 425 g/mol. The zero-order valence-electron chi connectivity index (χ0n) is 17.7. The smallest absolute Gasteiger partial charge is 0.255 e. The van der Waals surface area contributed by atoms with Crippen LogP contribution in [0.4, 0.5) is 5.82 Å². The molecule has 6 heteroatoms. The molecule has 160 valence electrons. The molecule has 0 saturated heterocycles. The van der Waals surface area contributed by atoms with Crippen molar-refractivity contribution < 1.29 is 14.0 Å². The minimum atomic E-state index is -0.443. The summed E-state index contributed by atoms with van der Waals surface area (Å²) in [4.78, 5) is 31.0. The summed E-state index contributed by atoms with van der Waals surface area (Å²) in [6, 6.07) is 18.8. The van der Waals surface area contributed by atoms with Gasteiger partial charge in [-0.1, -0.05) is 36.4 Å². The van der Waals surface area contributed by atoms with Gasteiger partial charge < -0.3 is 15.1 Å². The first-order chi connectivity index (χ1) is 15.6. The van der Waals surface area contributed by atoms with Crippen LogP contribution in [0.5, 0.6) is 0 Å². The van der Waals surface area contributed by atoms with Gasteiger partial charge in [0.15, 0.2) is 5.78 Å². The summed E-state index contributed by atoms with van der Waals surface area (Å²) in [7, 11) is 0. The molecule has 0 saturated carbocycles. The zero-order chi connectivity index (χ0) is 22.1. The number of dihydropyridines is 1. The van der Waals surface area contributed by atoms with Gasteiger partial charge >= 0.3 is 0 Å². The van der Waals surface area contributed by atoms with Crippen LogP contribution in [0.2, 0.25) is 0 Å². The van der Waals surface area contributed by atoms with E-state index >= 15 is 0 Å². The van der Waals surface area contributed by atoms with Crippen LogP contribution in [0, 0.1) is 0 Å². The van der Waals surface area contributed by atoms with Crippen LogP contribution in [0.25, 0.3) is 0 Å². The number of nitrogens with zero attached hydrogens (tertiary/aromatic N) is 1. The first-order valence-corrected chi connectivity index (χ1v) is 10.7. The molecule has 3 aromatic rings. The summed E-state index contributed by atoms with van der Waals surface area (Å²) in [5, 5.41) is 6.26. The molecule has 1 aliphatic carbocycles. The highest BCUT2D eigenvalue weighted by molar-refractivity contribution is 6.09. The Kier molecular flexibility index (Phi) is 5.19. The van der Waals surface area contributed by atoms with E-state index in [-0.39, 0.29) is 17.6 Å². The molecule has 2 N–H and O–H groups in total. The summed E-state index contributed by atoms with van der Waals surface area (Å²) in [6.07, 6.45) is 4.27. The number of ketones is 1. The van der Waals surface area contributed by atoms with Gasteiger partial charge in [0.2, 0.25) is 0 Å². The van der Waals surface area contributed by atoms with Crippen LogP contribution in [0.1, 0.15) is 42.9 Å². The molecular weight excluding hydrogens is 402 g/mol. The molecule has 0 bridgehead atoms. The van der Waals surface area contributed by atoms with Gasteiger partial charge in [0.1, 0.15) is 11.6 Å². The molecule has 2 atom stereocenters. The Bertz CT molecular complexity index is 1210. The Balaban J connectivity index is 1.56. The van der Waals surface area contributed by atoms with Gasteiger partial charge in [-0.15, -0.1) is 0 Å². The van der Waals surface area contributed by atoms with Crippen molar-refractivity contribution in [3.05, 3.63) is 107 Å². The highest BCUT2D eigenvalue weighted by atomic mass is 16.3. The molecule has 1 amide bonds. The number of rotatable bonds is 4. The normalized spacial score (nSPS) is 20.6. The Morgan fingerprint density at radius 3 is 2.59 bits per heavy atom. The summed E-state index contributed by atoms with van der Waals surface area (Å²) < 4.78 is 5.58. The average Bonchev–Trinajstić information content (AvgIpc) is 3.34. The number of nitrogens with one attached hydrogen (secondary N) is 2. The second-order valence-electron chi connectivity index (χ2n) is 8.11. The minimum absolute atomic E-state index is 0.0168. The van der Waals surface area contributed by atoms with E-state index in [1.165, 1.54) is 0 Å². The van der Waals surface area contributed by atoms with E-state index in [1.54, 1.807) is 24.6 Å². The number of benzene rings is 1. The van der Waals surface area contributed by atoms with Gasteiger partial charge in [-0.25, -0.2) is 4.98 Å². The van der Waals surface area contributed by atoms with E-state index in [0.717, 1.165) is 22.7 Å². The summed E-state index contributed by atoms with van der Waals surface area (Å²) >= 11 is 0. The van der Waals surface area contributed by atoms with Crippen molar-refractivity contribution in [3.63, 3.8) is 0 Å². The number of aromatic nitrogens is 1. The van der Waals surface area contributed by atoms with E-state index in [4.69, 9.17) is 4.42 Å². The van der Waals surface area contributed by atoms with Crippen molar-refractivity contribution in [3.8, 4) is 0 Å². The topological polar surface area (TPSA) is 84.2 Å². The molecule has 2 aliphatic rings. The quantitative estimate of drug-likeness (QED) is 0.634. The molecule has 32 heavy (non-hydrogen) atoms. The largest absolute Gasteiger partial charge is 0.469 e. The lowest BCUT2D eigenvalue weighted by molar-refractivity contribution is -0.116. The summed E-state index contributed by atoms with van der Waals surface area (Å²) in [5.41, 5.74) is 3.71. The van der Waals surface area contributed by atoms with E-state index in [2.05, 4.69) is 15.6 Å². The van der Waals surface area contributed by atoms with Gasteiger partial charge in [-0.2, -0.15) is 0 Å². The lowest BCUT2D eigenvalue weighted by atomic mass is 9.72. The van der Waals surface area contributed by atoms with Gasteiger partial charge in [0.05, 0.1) is 6.26 Å². The van der Waals surface area contributed by atoms with Crippen molar-refractivity contribution in [1.82, 2.24) is 10.3 Å². The zero-order valence-corrected chi connectivity index (χ0v) is 17.7. The van der Waals surface area contributed by atoms with Gasteiger partial charge in [0.25, 0.3) is 5.91 Å². The van der Waals surface area contributed by atoms with Crippen LogP contribution >= 0.6 is 0 Å². The third-order valence-corrected chi connectivity index (χ3v) is 6.06. The van der Waals surface area contributed by atoms with Crippen LogP contribution in [-0.2, 0) is 9.59 Å². The van der Waals surface area contributed by atoms with E-state index in [9.17, 15) is 9.59 Å². The van der Waals surface area contributed by atoms with Crippen molar-refractivity contribution >= 4 is 17.5 Å². The van der Waals surface area contributed by atoms with E-state index in [0.29, 0.717) is 29.8 Å². The number of pyridine rings is 1. The molecule has 0 unspecified atom stereocenters. The number of furan rings is 1. The number of carbonyl (C=O) groups excluding carboxylic acids is 2. The molecule has 5 rings (SSSR count). The van der Waals surface area contributed by atoms with Crippen LogP contribution in [0.15, 0.2) is 100 Å². The third-order valence-electron chi connectivity index (χ3n) is 6.06. The molecular formula is C26H23N3O3. The number of allylic oxidation sites excluding steroid dienone is 3. The molecule has 0 fully saturated rings. The second-order valence-corrected chi connectivity index (χ2v) is 8.11. The maximum Gasteiger partial charge on any atom is 0.255 e. The summed E-state index contributed by atoms with van der Waals surface area (Å²) in [5.74, 6) is 0.582. The number of hydrogen-bond donors (Lipinski definition) is 2. The molecule has 2 aromatic heterocycles. The standard InChI is InChI=1S/C26H23N3O3/c1-16-23(26(31)29-22-11-5-6-12-27-22)24(17-8-3-2-4-9-17)25-19(28-16)14-18(15-20(25)30)21-10-7-13-32-21/h2-13,18,24,28H,14-15H2,1H3,(H,27,29,31)/t18-,24-/m0/s1. The summed E-state index contributed by atoms with van der Waals surface area (Å²) in [6.45, 7) is 1.88. The van der Waals surface area contributed by atoms with Crippen molar-refractivity contribution in [2.75, 3.05) is 5.32 Å². The minimum Gasteiger partial charge on any atom is -0.469 e. The molecule has 6 nitrogen and oxygen atoms in total. The van der Waals surface area contributed by atoms with Crippen LogP contribution < -0.4 is 10.6 Å². The first kappa shape index (κ1) is 20.0. The van der Waals surface area contributed by atoms with Gasteiger partial charge in [0, 0.05) is 47.0 Å². The number of carbonyl (C=O) groups is 2. The highest BCUT2D eigenvalue weighted by Crippen LogP contribution is 2.45.